The molecule has 4 heterocycles. The first kappa shape index (κ1) is 24.0. The van der Waals surface area contributed by atoms with E-state index in [4.69, 9.17) is 0 Å². The minimum Gasteiger partial charge on any atom is -0.198 e. The SMILES string of the molecule is CCC1(CC)C(CC[n+]2ccccc2-c2ccccc2C)[n+]2cccc3ccc4ccc5ccc[n+]1c5c4c32. The van der Waals surface area contributed by atoms with Gasteiger partial charge in [0.15, 0.2) is 25.1 Å². The van der Waals surface area contributed by atoms with E-state index in [-0.39, 0.29) is 5.54 Å². The van der Waals surface area contributed by atoms with Gasteiger partial charge in [0.05, 0.1) is 6.42 Å². The van der Waals surface area contributed by atoms with Gasteiger partial charge < -0.3 is 0 Å². The molecule has 0 saturated heterocycles. The van der Waals surface area contributed by atoms with Crippen molar-refractivity contribution in [2.45, 2.75) is 58.2 Å². The molecule has 1 aliphatic rings. The molecule has 3 aromatic heterocycles. The second-order valence-electron chi connectivity index (χ2n) is 11.1. The van der Waals surface area contributed by atoms with Gasteiger partial charge >= 0.3 is 0 Å². The molecular weight excluding hydrogens is 474 g/mol. The van der Waals surface area contributed by atoms with Crippen LogP contribution in [0.3, 0.4) is 0 Å². The molecule has 0 radical (unpaired) electrons. The quantitative estimate of drug-likeness (QED) is 0.167. The third-order valence-electron chi connectivity index (χ3n) is 9.39. The zero-order valence-electron chi connectivity index (χ0n) is 23.1. The van der Waals surface area contributed by atoms with Crippen molar-refractivity contribution in [1.29, 1.82) is 0 Å². The second kappa shape index (κ2) is 9.27. The van der Waals surface area contributed by atoms with Gasteiger partial charge in [-0.15, -0.1) is 0 Å². The molecule has 1 aliphatic heterocycles. The second-order valence-corrected chi connectivity index (χ2v) is 11.1. The van der Waals surface area contributed by atoms with Crippen LogP contribution in [0.4, 0.5) is 0 Å². The van der Waals surface area contributed by atoms with Crippen molar-refractivity contribution in [3.05, 3.63) is 115 Å². The Morgan fingerprint density at radius 3 is 2.13 bits per heavy atom. The molecule has 192 valence electrons. The number of pyridine rings is 3. The van der Waals surface area contributed by atoms with E-state index in [1.807, 2.05) is 0 Å². The molecule has 0 saturated carbocycles. The van der Waals surface area contributed by atoms with Crippen LogP contribution in [0.2, 0.25) is 0 Å². The molecule has 3 nitrogen and oxygen atoms in total. The standard InChI is InChI=1S/C36H36N3/c1-4-36(5-2)32(21-25-37-22-9-8-16-31(37)30-15-7-6-12-26(30)3)38-23-10-13-28-19-17-27-18-20-29-14-11-24-39(36)35(29)33(27)34(28)38/h6-20,22-24,32H,4-5,21,25H2,1-3H3/q+3. The summed E-state index contributed by atoms with van der Waals surface area (Å²) in [6, 6.07) is 33.9. The van der Waals surface area contributed by atoms with Gasteiger partial charge in [0, 0.05) is 53.4 Å². The van der Waals surface area contributed by atoms with Crippen LogP contribution in [-0.2, 0) is 12.1 Å². The van der Waals surface area contributed by atoms with Crippen molar-refractivity contribution in [3.63, 3.8) is 0 Å². The molecule has 0 bridgehead atoms. The highest BCUT2D eigenvalue weighted by Gasteiger charge is 2.54. The van der Waals surface area contributed by atoms with Crippen molar-refractivity contribution >= 4 is 32.6 Å². The molecule has 0 aliphatic carbocycles. The zero-order valence-corrected chi connectivity index (χ0v) is 23.1. The molecule has 1 unspecified atom stereocenters. The first-order chi connectivity index (χ1) is 19.2. The van der Waals surface area contributed by atoms with Gasteiger partial charge in [-0.2, -0.15) is 13.7 Å². The molecule has 0 fully saturated rings. The van der Waals surface area contributed by atoms with E-state index < -0.39 is 0 Å². The van der Waals surface area contributed by atoms with Gasteiger partial charge in [0.2, 0.25) is 28.3 Å². The summed E-state index contributed by atoms with van der Waals surface area (Å²) in [5, 5.41) is 5.33. The van der Waals surface area contributed by atoms with Crippen molar-refractivity contribution in [2.75, 3.05) is 0 Å². The number of nitrogens with zero attached hydrogens (tertiary/aromatic N) is 3. The third kappa shape index (κ3) is 3.52. The van der Waals surface area contributed by atoms with Crippen LogP contribution < -0.4 is 13.7 Å². The first-order valence-electron chi connectivity index (χ1n) is 14.4. The lowest BCUT2D eigenvalue weighted by Gasteiger charge is -2.30. The Bertz CT molecular complexity index is 1860. The summed E-state index contributed by atoms with van der Waals surface area (Å²) in [6.45, 7) is 7.92. The molecule has 3 aromatic carbocycles. The number of rotatable bonds is 6. The Morgan fingerprint density at radius 2 is 1.36 bits per heavy atom. The molecule has 0 N–H and O–H groups in total. The fourth-order valence-electron chi connectivity index (χ4n) is 7.40. The Morgan fingerprint density at radius 1 is 0.667 bits per heavy atom. The lowest BCUT2D eigenvalue weighted by molar-refractivity contribution is -0.830. The zero-order chi connectivity index (χ0) is 26.6. The average molecular weight is 511 g/mol. The van der Waals surface area contributed by atoms with E-state index in [0.717, 1.165) is 25.8 Å². The Kier molecular flexibility index (Phi) is 5.70. The summed E-state index contributed by atoms with van der Waals surface area (Å²) in [6.07, 6.45) is 10.1. The summed E-state index contributed by atoms with van der Waals surface area (Å²) < 4.78 is 7.75. The Labute approximate surface area is 230 Å². The van der Waals surface area contributed by atoms with Crippen LogP contribution in [-0.4, -0.2) is 0 Å². The smallest absolute Gasteiger partial charge is 0.198 e. The molecule has 3 heteroatoms. The highest BCUT2D eigenvalue weighted by atomic mass is 15.2. The predicted octanol–water partition coefficient (Wildman–Crippen LogP) is 7.14. The first-order valence-corrected chi connectivity index (χ1v) is 14.4. The maximum Gasteiger partial charge on any atom is 0.228 e. The normalized spacial score (nSPS) is 15.9. The largest absolute Gasteiger partial charge is 0.228 e. The molecule has 1 atom stereocenters. The van der Waals surface area contributed by atoms with Gasteiger partial charge in [-0.1, -0.05) is 44.2 Å². The van der Waals surface area contributed by atoms with Crippen molar-refractivity contribution in [3.8, 4) is 11.3 Å². The number of aryl methyl sites for hydroxylation is 2. The lowest BCUT2D eigenvalue weighted by atomic mass is 9.81. The van der Waals surface area contributed by atoms with Gasteiger partial charge in [-0.3, -0.25) is 0 Å². The Hall–Kier alpha value is -4.11. The third-order valence-corrected chi connectivity index (χ3v) is 9.39. The number of aromatic nitrogens is 3. The van der Waals surface area contributed by atoms with Gasteiger partial charge in [0.1, 0.15) is 5.39 Å². The molecule has 0 spiro atoms. The van der Waals surface area contributed by atoms with Crippen molar-refractivity contribution in [1.82, 2.24) is 0 Å². The fourth-order valence-corrected chi connectivity index (χ4v) is 7.40. The highest BCUT2D eigenvalue weighted by Crippen LogP contribution is 2.39. The highest BCUT2D eigenvalue weighted by molar-refractivity contribution is 6.15. The summed E-state index contributed by atoms with van der Waals surface area (Å²) in [7, 11) is 0. The van der Waals surface area contributed by atoms with Crippen molar-refractivity contribution in [2.24, 2.45) is 0 Å². The topological polar surface area (TPSA) is 11.6 Å². The van der Waals surface area contributed by atoms with Crippen LogP contribution in [0.5, 0.6) is 0 Å². The van der Waals surface area contributed by atoms with Gasteiger partial charge in [-0.25, -0.2) is 0 Å². The van der Waals surface area contributed by atoms with Crippen LogP contribution in [0.25, 0.3) is 43.8 Å². The lowest BCUT2D eigenvalue weighted by Crippen LogP contribution is -2.65. The average Bonchev–Trinajstić information content (AvgIpc) is 3.09. The van der Waals surface area contributed by atoms with E-state index in [1.54, 1.807) is 0 Å². The molecular formula is C36H36N3+3. The van der Waals surface area contributed by atoms with E-state index in [0.29, 0.717) is 6.04 Å². The summed E-state index contributed by atoms with van der Waals surface area (Å²) in [5.74, 6) is 0. The molecule has 0 amide bonds. The van der Waals surface area contributed by atoms with Gasteiger partial charge in [0.25, 0.3) is 0 Å². The molecule has 39 heavy (non-hydrogen) atoms. The van der Waals surface area contributed by atoms with E-state index >= 15 is 0 Å². The Balaban J connectivity index is 1.46. The maximum absolute atomic E-state index is 2.65. The summed E-state index contributed by atoms with van der Waals surface area (Å²) in [4.78, 5) is 0. The minimum absolute atomic E-state index is 0.0517. The van der Waals surface area contributed by atoms with E-state index in [2.05, 4.69) is 144 Å². The van der Waals surface area contributed by atoms with Crippen LogP contribution >= 0.6 is 0 Å². The van der Waals surface area contributed by atoms with Gasteiger partial charge in [-0.05, 0) is 54.3 Å². The summed E-state index contributed by atoms with van der Waals surface area (Å²) >= 11 is 0. The maximum atomic E-state index is 2.65. The van der Waals surface area contributed by atoms with Crippen LogP contribution in [0.15, 0.2) is 110 Å². The van der Waals surface area contributed by atoms with Crippen LogP contribution in [0, 0.1) is 6.92 Å². The van der Waals surface area contributed by atoms with Crippen LogP contribution in [0.1, 0.15) is 44.7 Å². The molecule has 6 aromatic rings. The number of hydrogen-bond acceptors (Lipinski definition) is 0. The van der Waals surface area contributed by atoms with Crippen molar-refractivity contribution < 1.29 is 13.7 Å². The van der Waals surface area contributed by atoms with E-state index in [1.165, 1.54) is 49.4 Å². The van der Waals surface area contributed by atoms with E-state index in [9.17, 15) is 0 Å². The predicted molar refractivity (Wildman–Crippen MR) is 158 cm³/mol. The monoisotopic (exact) mass is 510 g/mol. The number of benzene rings is 3. The summed E-state index contributed by atoms with van der Waals surface area (Å²) in [5.41, 5.74) is 6.59. The minimum atomic E-state index is -0.0517. The molecule has 7 rings (SSSR count). The fraction of sp³-hybridized carbons (Fsp3) is 0.250. The number of hydrogen-bond donors (Lipinski definition) is 0.